The predicted molar refractivity (Wildman–Crippen MR) is 70.8 cm³/mol. The standard InChI is InChI=1S/C14H16N2O4/c17-13-11-3-1-2-4-12(11)20-14(15-13)9-5-7-10(8-6-9)16(18)19/h5-8,11-12,14H,1-4H2,(H,15,17)/t11-,12+,14-/m1/s1. The summed E-state index contributed by atoms with van der Waals surface area (Å²) in [5.41, 5.74) is 0.777. The molecule has 1 aliphatic carbocycles. The van der Waals surface area contributed by atoms with Gasteiger partial charge in [-0.05, 0) is 25.0 Å². The molecule has 0 bridgehead atoms. The second-order valence-corrected chi connectivity index (χ2v) is 5.30. The summed E-state index contributed by atoms with van der Waals surface area (Å²) in [6.07, 6.45) is 3.41. The number of carbonyl (C=O) groups excluding carboxylic acids is 1. The Hall–Kier alpha value is -1.95. The van der Waals surface area contributed by atoms with E-state index >= 15 is 0 Å². The summed E-state index contributed by atoms with van der Waals surface area (Å²) in [7, 11) is 0. The highest BCUT2D eigenvalue weighted by Crippen LogP contribution is 2.34. The number of carbonyl (C=O) groups is 1. The number of hydrogen-bond donors (Lipinski definition) is 1. The Morgan fingerprint density at radius 3 is 2.60 bits per heavy atom. The molecule has 1 N–H and O–H groups in total. The molecule has 1 aromatic carbocycles. The number of nitro benzene ring substituents is 1. The van der Waals surface area contributed by atoms with Gasteiger partial charge in [0.1, 0.15) is 0 Å². The number of non-ortho nitro benzene ring substituents is 1. The van der Waals surface area contributed by atoms with Gasteiger partial charge in [-0.3, -0.25) is 14.9 Å². The van der Waals surface area contributed by atoms with Crippen molar-refractivity contribution in [1.82, 2.24) is 5.32 Å². The molecule has 6 heteroatoms. The van der Waals surface area contributed by atoms with Gasteiger partial charge in [-0.1, -0.05) is 12.8 Å². The molecular weight excluding hydrogens is 260 g/mol. The number of fused-ring (bicyclic) bond motifs is 1. The van der Waals surface area contributed by atoms with E-state index in [2.05, 4.69) is 5.32 Å². The van der Waals surface area contributed by atoms with Crippen LogP contribution in [0, 0.1) is 16.0 Å². The van der Waals surface area contributed by atoms with Crippen LogP contribution in [0.15, 0.2) is 24.3 Å². The monoisotopic (exact) mass is 276 g/mol. The Kier molecular flexibility index (Phi) is 3.40. The molecule has 6 nitrogen and oxygen atoms in total. The highest BCUT2D eigenvalue weighted by atomic mass is 16.6. The Morgan fingerprint density at radius 1 is 1.20 bits per heavy atom. The summed E-state index contributed by atoms with van der Waals surface area (Å²) < 4.78 is 5.95. The van der Waals surface area contributed by atoms with Crippen LogP contribution in [-0.2, 0) is 9.53 Å². The van der Waals surface area contributed by atoms with Gasteiger partial charge in [-0.15, -0.1) is 0 Å². The normalized spacial score (nSPS) is 29.4. The number of nitro groups is 1. The van der Waals surface area contributed by atoms with Gasteiger partial charge in [-0.25, -0.2) is 0 Å². The lowest BCUT2D eigenvalue weighted by atomic mass is 9.84. The number of ether oxygens (including phenoxy) is 1. The third kappa shape index (κ3) is 2.38. The Balaban J connectivity index is 1.77. The summed E-state index contributed by atoms with van der Waals surface area (Å²) in [6, 6.07) is 6.12. The van der Waals surface area contributed by atoms with Crippen molar-refractivity contribution in [2.45, 2.75) is 38.0 Å². The second-order valence-electron chi connectivity index (χ2n) is 5.30. The lowest BCUT2D eigenvalue weighted by Crippen LogP contribution is -2.49. The van der Waals surface area contributed by atoms with E-state index in [9.17, 15) is 14.9 Å². The molecule has 2 fully saturated rings. The van der Waals surface area contributed by atoms with Crippen LogP contribution in [0.5, 0.6) is 0 Å². The van der Waals surface area contributed by atoms with Crippen molar-refractivity contribution in [3.05, 3.63) is 39.9 Å². The number of hydrogen-bond acceptors (Lipinski definition) is 4. The summed E-state index contributed by atoms with van der Waals surface area (Å²) in [4.78, 5) is 22.3. The fourth-order valence-corrected chi connectivity index (χ4v) is 2.94. The first-order valence-electron chi connectivity index (χ1n) is 6.85. The van der Waals surface area contributed by atoms with E-state index in [1.807, 2.05) is 0 Å². The first-order chi connectivity index (χ1) is 9.65. The van der Waals surface area contributed by atoms with Gasteiger partial charge in [0.05, 0.1) is 16.9 Å². The molecule has 1 heterocycles. The first kappa shape index (κ1) is 13.1. The maximum absolute atomic E-state index is 12.1. The lowest BCUT2D eigenvalue weighted by molar-refractivity contribution is -0.384. The van der Waals surface area contributed by atoms with Crippen LogP contribution in [0.25, 0.3) is 0 Å². The molecule has 1 amide bonds. The van der Waals surface area contributed by atoms with Crippen molar-refractivity contribution in [2.24, 2.45) is 5.92 Å². The molecule has 106 valence electrons. The number of nitrogens with zero attached hydrogens (tertiary/aromatic N) is 1. The quantitative estimate of drug-likeness (QED) is 0.663. The van der Waals surface area contributed by atoms with Gasteiger partial charge in [-0.2, -0.15) is 0 Å². The summed E-state index contributed by atoms with van der Waals surface area (Å²) >= 11 is 0. The number of amides is 1. The topological polar surface area (TPSA) is 81.5 Å². The fraction of sp³-hybridized carbons (Fsp3) is 0.500. The average molecular weight is 276 g/mol. The molecule has 2 aliphatic rings. The van der Waals surface area contributed by atoms with Gasteiger partial charge in [0.15, 0.2) is 6.23 Å². The maximum atomic E-state index is 12.1. The SMILES string of the molecule is O=C1N[C@@H](c2ccc([N+](=O)[O-])cc2)O[C@H]2CCCC[C@@H]12. The summed E-state index contributed by atoms with van der Waals surface area (Å²) in [5.74, 6) is -0.0117. The second kappa shape index (κ2) is 5.20. The first-order valence-corrected chi connectivity index (χ1v) is 6.85. The molecule has 1 saturated carbocycles. The molecule has 1 saturated heterocycles. The van der Waals surface area contributed by atoms with Crippen LogP contribution >= 0.6 is 0 Å². The fourth-order valence-electron chi connectivity index (χ4n) is 2.94. The highest BCUT2D eigenvalue weighted by molar-refractivity contribution is 5.80. The lowest BCUT2D eigenvalue weighted by Gasteiger charge is -2.39. The highest BCUT2D eigenvalue weighted by Gasteiger charge is 2.39. The third-order valence-electron chi connectivity index (χ3n) is 4.03. The Bertz CT molecular complexity index is 528. The van der Waals surface area contributed by atoms with E-state index in [0.29, 0.717) is 0 Å². The average Bonchev–Trinajstić information content (AvgIpc) is 2.47. The van der Waals surface area contributed by atoms with E-state index < -0.39 is 11.2 Å². The van der Waals surface area contributed by atoms with Crippen LogP contribution < -0.4 is 5.32 Å². The van der Waals surface area contributed by atoms with Gasteiger partial charge in [0.25, 0.3) is 5.69 Å². The molecule has 1 aromatic rings. The van der Waals surface area contributed by atoms with E-state index in [4.69, 9.17) is 4.74 Å². The van der Waals surface area contributed by atoms with Crippen molar-refractivity contribution < 1.29 is 14.5 Å². The molecule has 0 aromatic heterocycles. The van der Waals surface area contributed by atoms with Gasteiger partial charge in [0.2, 0.25) is 5.91 Å². The van der Waals surface area contributed by atoms with Crippen molar-refractivity contribution in [1.29, 1.82) is 0 Å². The summed E-state index contributed by atoms with van der Waals surface area (Å²) in [5, 5.41) is 13.5. The van der Waals surface area contributed by atoms with Crippen molar-refractivity contribution in [3.8, 4) is 0 Å². The van der Waals surface area contributed by atoms with Crippen LogP contribution in [0.4, 0.5) is 5.69 Å². The molecule has 0 spiro atoms. The van der Waals surface area contributed by atoms with Gasteiger partial charge >= 0.3 is 0 Å². The number of nitrogens with one attached hydrogen (secondary N) is 1. The molecule has 20 heavy (non-hydrogen) atoms. The van der Waals surface area contributed by atoms with E-state index in [1.165, 1.54) is 12.1 Å². The van der Waals surface area contributed by atoms with Crippen molar-refractivity contribution in [2.75, 3.05) is 0 Å². The van der Waals surface area contributed by atoms with Crippen LogP contribution in [0.2, 0.25) is 0 Å². The molecule has 3 atom stereocenters. The van der Waals surface area contributed by atoms with Crippen molar-refractivity contribution >= 4 is 11.6 Å². The number of rotatable bonds is 2. The van der Waals surface area contributed by atoms with Crippen LogP contribution in [-0.4, -0.2) is 16.9 Å². The zero-order valence-corrected chi connectivity index (χ0v) is 11.0. The minimum atomic E-state index is -0.498. The van der Waals surface area contributed by atoms with Crippen molar-refractivity contribution in [3.63, 3.8) is 0 Å². The van der Waals surface area contributed by atoms with E-state index in [0.717, 1.165) is 31.2 Å². The van der Waals surface area contributed by atoms with Gasteiger partial charge < -0.3 is 10.1 Å². The van der Waals surface area contributed by atoms with Crippen LogP contribution in [0.1, 0.15) is 37.5 Å². The van der Waals surface area contributed by atoms with E-state index in [1.54, 1.807) is 12.1 Å². The number of benzene rings is 1. The summed E-state index contributed by atoms with van der Waals surface area (Å²) in [6.45, 7) is 0. The molecule has 1 aliphatic heterocycles. The predicted octanol–water partition coefficient (Wildman–Crippen LogP) is 2.30. The zero-order valence-electron chi connectivity index (χ0n) is 11.0. The molecule has 3 rings (SSSR count). The van der Waals surface area contributed by atoms with E-state index in [-0.39, 0.29) is 23.6 Å². The Morgan fingerprint density at radius 2 is 1.90 bits per heavy atom. The smallest absolute Gasteiger partial charge is 0.269 e. The van der Waals surface area contributed by atoms with Gasteiger partial charge in [0, 0.05) is 17.7 Å². The molecule has 0 unspecified atom stereocenters. The third-order valence-corrected chi connectivity index (χ3v) is 4.03. The minimum absolute atomic E-state index is 0.0299. The minimum Gasteiger partial charge on any atom is -0.350 e. The van der Waals surface area contributed by atoms with Crippen LogP contribution in [0.3, 0.4) is 0 Å². The maximum Gasteiger partial charge on any atom is 0.269 e. The Labute approximate surface area is 116 Å². The molecule has 0 radical (unpaired) electrons. The zero-order chi connectivity index (χ0) is 14.1. The largest absolute Gasteiger partial charge is 0.350 e. The molecular formula is C14H16N2O4.